The summed E-state index contributed by atoms with van der Waals surface area (Å²) in [6, 6.07) is 16.6. The van der Waals surface area contributed by atoms with Gasteiger partial charge in [0.25, 0.3) is 11.8 Å². The molecule has 4 fully saturated rings. The van der Waals surface area contributed by atoms with E-state index < -0.39 is 5.60 Å². The third-order valence-corrected chi connectivity index (χ3v) is 9.45. The van der Waals surface area contributed by atoms with Crippen LogP contribution >= 0.6 is 0 Å². The number of carbonyl (C=O) groups excluding carboxylic acids is 2. The molecule has 3 saturated heterocycles. The summed E-state index contributed by atoms with van der Waals surface area (Å²) in [4.78, 5) is 35.8. The fourth-order valence-corrected chi connectivity index (χ4v) is 6.87. The molecule has 2 aromatic carbocycles. The molecule has 8 heteroatoms. The summed E-state index contributed by atoms with van der Waals surface area (Å²) >= 11 is 0. The predicted octanol–water partition coefficient (Wildman–Crippen LogP) is 4.60. The summed E-state index contributed by atoms with van der Waals surface area (Å²) in [6.07, 6.45) is 10.1. The Morgan fingerprint density at radius 2 is 1.46 bits per heavy atom. The van der Waals surface area contributed by atoms with Crippen molar-refractivity contribution in [2.75, 3.05) is 39.3 Å². The van der Waals surface area contributed by atoms with Crippen molar-refractivity contribution >= 4 is 11.8 Å². The molecule has 1 aliphatic carbocycles. The van der Waals surface area contributed by atoms with Crippen LogP contribution in [0.3, 0.4) is 0 Å². The lowest BCUT2D eigenvalue weighted by molar-refractivity contribution is -1.12. The molecular formula is C33H45N4O4+. The van der Waals surface area contributed by atoms with E-state index in [-0.39, 0.29) is 24.2 Å². The van der Waals surface area contributed by atoms with Gasteiger partial charge >= 0.3 is 0 Å². The molecular weight excluding hydrogens is 516 g/mol. The maximum atomic E-state index is 13.2. The Labute approximate surface area is 243 Å². The minimum atomic E-state index is -1.15. The molecule has 0 radical (unpaired) electrons. The average Bonchev–Trinajstić information content (AvgIpc) is 3.68. The second kappa shape index (κ2) is 11.8. The maximum Gasteiger partial charge on any atom is 0.254 e. The number of nitrogens with zero attached hydrogens (tertiary/aromatic N) is 3. The Morgan fingerprint density at radius 1 is 0.854 bits per heavy atom. The zero-order chi connectivity index (χ0) is 28.5. The molecule has 3 heterocycles. The summed E-state index contributed by atoms with van der Waals surface area (Å²) in [6.45, 7) is 6.09. The van der Waals surface area contributed by atoms with E-state index in [0.717, 1.165) is 24.2 Å². The first-order valence-corrected chi connectivity index (χ1v) is 15.7. The van der Waals surface area contributed by atoms with Crippen molar-refractivity contribution in [3.63, 3.8) is 0 Å². The molecule has 0 aromatic heterocycles. The molecule has 0 bridgehead atoms. The van der Waals surface area contributed by atoms with Crippen LogP contribution in [-0.4, -0.2) is 82.5 Å². The fourth-order valence-electron chi connectivity index (χ4n) is 6.87. The van der Waals surface area contributed by atoms with Crippen molar-refractivity contribution in [3.8, 4) is 11.1 Å². The molecule has 41 heavy (non-hydrogen) atoms. The average molecular weight is 562 g/mol. The molecule has 2 atom stereocenters. The number of hydrogen-bond donors (Lipinski definition) is 2. The van der Waals surface area contributed by atoms with E-state index in [0.29, 0.717) is 49.2 Å². The van der Waals surface area contributed by atoms with Gasteiger partial charge in [-0.25, -0.2) is 5.32 Å². The monoisotopic (exact) mass is 561 g/mol. The predicted molar refractivity (Wildman–Crippen MR) is 157 cm³/mol. The van der Waals surface area contributed by atoms with Crippen LogP contribution < -0.4 is 5.32 Å². The van der Waals surface area contributed by atoms with Gasteiger partial charge < -0.3 is 14.9 Å². The van der Waals surface area contributed by atoms with Crippen molar-refractivity contribution in [2.24, 2.45) is 0 Å². The van der Waals surface area contributed by atoms with Gasteiger partial charge in [-0.15, -0.1) is 0 Å². The van der Waals surface area contributed by atoms with Crippen molar-refractivity contribution in [2.45, 2.75) is 82.7 Å². The summed E-state index contributed by atoms with van der Waals surface area (Å²) in [7, 11) is 0. The third kappa shape index (κ3) is 6.07. The first-order valence-electron chi connectivity index (χ1n) is 15.7. The topological polar surface area (TPSA) is 82.1 Å². The molecule has 2 N–H and O–H groups in total. The van der Waals surface area contributed by atoms with E-state index in [4.69, 9.17) is 4.84 Å². The standard InChI is InChI=1S/C33H45N4O4/c1-25-34-30(37(41-25)22-7-5-3-2-4-6-8-23-37)29-11-9-10-28(24-29)26-12-14-27(15-13-26)31(38)35-18-20-36(21-19-35)32(39)33(40)16-17-33/h9-15,24-25,30,34,40H,2-8,16-23H2,1H3/q+1. The SMILES string of the molecule is CC1NC(c2cccc(-c3ccc(C(=O)N4CCN(C(=O)C5(O)CC5)CC4)cc3)c2)[N+]2(CCCCCCCCC2)O1. The minimum Gasteiger partial charge on any atom is -0.380 e. The van der Waals surface area contributed by atoms with Crippen LogP contribution in [0.25, 0.3) is 11.1 Å². The highest BCUT2D eigenvalue weighted by molar-refractivity contribution is 5.95. The number of hydrogen-bond acceptors (Lipinski definition) is 5. The molecule has 2 amide bonds. The number of aliphatic hydroxyl groups is 1. The van der Waals surface area contributed by atoms with Crippen LogP contribution in [-0.2, 0) is 9.63 Å². The third-order valence-electron chi connectivity index (χ3n) is 9.45. The van der Waals surface area contributed by atoms with Crippen LogP contribution in [0.4, 0.5) is 0 Å². The maximum absolute atomic E-state index is 13.2. The Balaban J connectivity index is 1.13. The highest BCUT2D eigenvalue weighted by Gasteiger charge is 2.50. The Bertz CT molecular complexity index is 1230. The van der Waals surface area contributed by atoms with Gasteiger partial charge in [-0.2, -0.15) is 9.48 Å². The smallest absolute Gasteiger partial charge is 0.254 e. The molecule has 220 valence electrons. The number of hydroxylamine groups is 3. The Morgan fingerprint density at radius 3 is 2.10 bits per heavy atom. The number of nitrogens with one attached hydrogen (secondary N) is 1. The van der Waals surface area contributed by atoms with E-state index in [1.165, 1.54) is 50.5 Å². The Kier molecular flexibility index (Phi) is 8.19. The van der Waals surface area contributed by atoms with Gasteiger partial charge in [-0.3, -0.25) is 9.59 Å². The number of benzene rings is 2. The second-order valence-corrected chi connectivity index (χ2v) is 12.5. The lowest BCUT2D eigenvalue weighted by Crippen LogP contribution is -2.53. The first-order chi connectivity index (χ1) is 19.9. The number of carbonyl (C=O) groups is 2. The van der Waals surface area contributed by atoms with E-state index >= 15 is 0 Å². The van der Waals surface area contributed by atoms with Crippen LogP contribution in [0, 0.1) is 0 Å². The summed E-state index contributed by atoms with van der Waals surface area (Å²) < 4.78 is 0.663. The van der Waals surface area contributed by atoms with Gasteiger partial charge in [0, 0.05) is 37.3 Å². The van der Waals surface area contributed by atoms with Gasteiger partial charge in [0.1, 0.15) is 18.7 Å². The largest absolute Gasteiger partial charge is 0.380 e. The Hall–Kier alpha value is -2.78. The van der Waals surface area contributed by atoms with Gasteiger partial charge in [0.15, 0.2) is 6.23 Å². The van der Waals surface area contributed by atoms with Crippen LogP contribution in [0.2, 0.25) is 0 Å². The number of amides is 2. The van der Waals surface area contributed by atoms with Gasteiger partial charge in [0.05, 0.1) is 0 Å². The van der Waals surface area contributed by atoms with Crippen molar-refractivity contribution < 1.29 is 24.2 Å². The lowest BCUT2D eigenvalue weighted by atomic mass is 9.99. The fraction of sp³-hybridized carbons (Fsp3) is 0.576. The highest BCUT2D eigenvalue weighted by atomic mass is 16.8. The summed E-state index contributed by atoms with van der Waals surface area (Å²) in [5, 5.41) is 13.9. The molecule has 2 aromatic rings. The lowest BCUT2D eigenvalue weighted by Gasteiger charge is -2.36. The second-order valence-electron chi connectivity index (χ2n) is 12.5. The van der Waals surface area contributed by atoms with Gasteiger partial charge in [-0.05, 0) is 74.8 Å². The highest BCUT2D eigenvalue weighted by Crippen LogP contribution is 2.38. The molecule has 4 aliphatic rings. The van der Waals surface area contributed by atoms with Crippen LogP contribution in [0.5, 0.6) is 0 Å². The normalized spacial score (nSPS) is 26.1. The zero-order valence-electron chi connectivity index (χ0n) is 24.4. The van der Waals surface area contributed by atoms with E-state index in [1.54, 1.807) is 9.80 Å². The molecule has 1 saturated carbocycles. The van der Waals surface area contributed by atoms with Crippen LogP contribution in [0.15, 0.2) is 48.5 Å². The molecule has 3 aliphatic heterocycles. The minimum absolute atomic E-state index is 0.00958. The molecule has 2 unspecified atom stereocenters. The van der Waals surface area contributed by atoms with Gasteiger partial charge in [0.2, 0.25) is 6.17 Å². The van der Waals surface area contributed by atoms with E-state index in [2.05, 4.69) is 36.5 Å². The zero-order valence-corrected chi connectivity index (χ0v) is 24.4. The first kappa shape index (κ1) is 28.3. The summed E-state index contributed by atoms with van der Waals surface area (Å²) in [5.41, 5.74) is 2.96. The number of quaternary nitrogens is 1. The van der Waals surface area contributed by atoms with E-state index in [1.807, 2.05) is 24.3 Å². The number of rotatable bonds is 4. The van der Waals surface area contributed by atoms with E-state index in [9.17, 15) is 14.7 Å². The molecule has 6 rings (SSSR count). The van der Waals surface area contributed by atoms with Crippen LogP contribution in [0.1, 0.15) is 86.8 Å². The van der Waals surface area contributed by atoms with Gasteiger partial charge in [-0.1, -0.05) is 49.6 Å². The number of piperazine rings is 1. The molecule has 8 nitrogen and oxygen atoms in total. The quantitative estimate of drug-likeness (QED) is 0.533. The van der Waals surface area contributed by atoms with Crippen molar-refractivity contribution in [3.05, 3.63) is 59.7 Å². The van der Waals surface area contributed by atoms with Crippen molar-refractivity contribution in [1.82, 2.24) is 15.1 Å². The molecule has 1 spiro atoms. The summed E-state index contributed by atoms with van der Waals surface area (Å²) in [5.74, 6) is -0.200. The van der Waals surface area contributed by atoms with Crippen molar-refractivity contribution in [1.29, 1.82) is 0 Å².